The lowest BCUT2D eigenvalue weighted by atomic mass is 10.2. The van der Waals surface area contributed by atoms with E-state index >= 15 is 0 Å². The molecule has 1 aromatic carbocycles. The van der Waals surface area contributed by atoms with Crippen molar-refractivity contribution in [2.45, 2.75) is 0 Å². The number of hydrogen-bond acceptors (Lipinski definition) is 6. The molecule has 0 saturated carbocycles. The fraction of sp³-hybridized carbons (Fsp3) is 0.200. The van der Waals surface area contributed by atoms with Gasteiger partial charge in [0, 0.05) is 25.4 Å². The van der Waals surface area contributed by atoms with Crippen LogP contribution in [0.2, 0.25) is 0 Å². The average molecular weight is 316 g/mol. The Morgan fingerprint density at radius 1 is 1.26 bits per heavy atom. The van der Waals surface area contributed by atoms with Crippen LogP contribution in [0.4, 0.5) is 11.4 Å². The quantitative estimate of drug-likeness (QED) is 0.458. The minimum Gasteiger partial charge on any atom is -0.480 e. The zero-order chi connectivity index (χ0) is 16.7. The minimum absolute atomic E-state index is 0.00671. The second-order valence-electron chi connectivity index (χ2n) is 4.52. The van der Waals surface area contributed by atoms with Crippen LogP contribution in [0.25, 0.3) is 0 Å². The molecule has 1 amide bonds. The first kappa shape index (κ1) is 16.2. The van der Waals surface area contributed by atoms with Gasteiger partial charge in [-0.3, -0.25) is 14.9 Å². The number of carbonyl (C=O) groups excluding carboxylic acids is 1. The molecule has 0 bridgehead atoms. The van der Waals surface area contributed by atoms with Crippen molar-refractivity contribution < 1.29 is 14.5 Å². The van der Waals surface area contributed by atoms with E-state index in [4.69, 9.17) is 4.74 Å². The third kappa shape index (κ3) is 4.16. The fourth-order valence-electron chi connectivity index (χ4n) is 1.98. The SMILES string of the molecule is COc1ncccc1C(=O)NCCNc1ccccc1[N+](=O)[O-]. The molecule has 0 aliphatic heterocycles. The molecule has 0 fully saturated rings. The highest BCUT2D eigenvalue weighted by Gasteiger charge is 2.13. The highest BCUT2D eigenvalue weighted by molar-refractivity contribution is 5.96. The molecule has 0 radical (unpaired) electrons. The Morgan fingerprint density at radius 3 is 2.78 bits per heavy atom. The predicted molar refractivity (Wildman–Crippen MR) is 84.7 cm³/mol. The maximum atomic E-state index is 12.0. The van der Waals surface area contributed by atoms with Gasteiger partial charge >= 0.3 is 0 Å². The van der Waals surface area contributed by atoms with Crippen molar-refractivity contribution in [1.82, 2.24) is 10.3 Å². The topological polar surface area (TPSA) is 106 Å². The van der Waals surface area contributed by atoms with Crippen LogP contribution < -0.4 is 15.4 Å². The van der Waals surface area contributed by atoms with Gasteiger partial charge in [0.05, 0.1) is 12.0 Å². The number of hydrogen-bond donors (Lipinski definition) is 2. The molecule has 2 rings (SSSR count). The number of carbonyl (C=O) groups is 1. The first-order valence-electron chi connectivity index (χ1n) is 6.88. The standard InChI is InChI=1S/C15H16N4O4/c1-23-15-11(5-4-8-18-15)14(20)17-10-9-16-12-6-2-3-7-13(12)19(21)22/h2-8,16H,9-10H2,1H3,(H,17,20). The first-order valence-corrected chi connectivity index (χ1v) is 6.88. The summed E-state index contributed by atoms with van der Waals surface area (Å²) < 4.78 is 5.02. The monoisotopic (exact) mass is 316 g/mol. The van der Waals surface area contributed by atoms with E-state index in [0.717, 1.165) is 0 Å². The molecule has 120 valence electrons. The summed E-state index contributed by atoms with van der Waals surface area (Å²) in [5.74, 6) is -0.0732. The number of anilines is 1. The molecular weight excluding hydrogens is 300 g/mol. The summed E-state index contributed by atoms with van der Waals surface area (Å²) in [6.07, 6.45) is 1.53. The van der Waals surface area contributed by atoms with Crippen molar-refractivity contribution >= 4 is 17.3 Å². The van der Waals surface area contributed by atoms with Gasteiger partial charge < -0.3 is 15.4 Å². The molecule has 2 N–H and O–H groups in total. The molecule has 8 nitrogen and oxygen atoms in total. The average Bonchev–Trinajstić information content (AvgIpc) is 2.58. The molecule has 0 saturated heterocycles. The van der Waals surface area contributed by atoms with Gasteiger partial charge in [0.15, 0.2) is 0 Å². The highest BCUT2D eigenvalue weighted by atomic mass is 16.6. The van der Waals surface area contributed by atoms with Crippen LogP contribution in [0.3, 0.4) is 0 Å². The summed E-state index contributed by atoms with van der Waals surface area (Å²) in [4.78, 5) is 26.4. The Labute approximate surface area is 132 Å². The number of amides is 1. The maximum Gasteiger partial charge on any atom is 0.292 e. The van der Waals surface area contributed by atoms with Crippen LogP contribution in [-0.2, 0) is 0 Å². The number of pyridine rings is 1. The molecule has 23 heavy (non-hydrogen) atoms. The molecule has 2 aromatic rings. The molecule has 0 aliphatic carbocycles. The number of nitrogens with one attached hydrogen (secondary N) is 2. The summed E-state index contributed by atoms with van der Waals surface area (Å²) >= 11 is 0. The summed E-state index contributed by atoms with van der Waals surface area (Å²) in [7, 11) is 1.44. The fourth-order valence-corrected chi connectivity index (χ4v) is 1.98. The number of nitro groups is 1. The Kier molecular flexibility index (Phi) is 5.45. The Hall–Kier alpha value is -3.16. The maximum absolute atomic E-state index is 12.0. The van der Waals surface area contributed by atoms with Gasteiger partial charge in [0.1, 0.15) is 11.3 Å². The summed E-state index contributed by atoms with van der Waals surface area (Å²) in [5, 5.41) is 16.5. The molecule has 1 aromatic heterocycles. The van der Waals surface area contributed by atoms with Gasteiger partial charge in [0.25, 0.3) is 11.6 Å². The zero-order valence-corrected chi connectivity index (χ0v) is 12.5. The number of methoxy groups -OCH3 is 1. The molecule has 0 aliphatic rings. The molecule has 0 unspecified atom stereocenters. The van der Waals surface area contributed by atoms with E-state index in [0.29, 0.717) is 24.3 Å². The van der Waals surface area contributed by atoms with E-state index in [9.17, 15) is 14.9 Å². The van der Waals surface area contributed by atoms with Gasteiger partial charge in [-0.1, -0.05) is 12.1 Å². The van der Waals surface area contributed by atoms with Crippen molar-refractivity contribution in [2.24, 2.45) is 0 Å². The van der Waals surface area contributed by atoms with E-state index in [-0.39, 0.29) is 17.5 Å². The van der Waals surface area contributed by atoms with Gasteiger partial charge in [0.2, 0.25) is 5.88 Å². The molecule has 0 spiro atoms. The van der Waals surface area contributed by atoms with Crippen LogP contribution in [-0.4, -0.2) is 36.0 Å². The molecular formula is C15H16N4O4. The minimum atomic E-state index is -0.457. The number of nitro benzene ring substituents is 1. The predicted octanol–water partition coefficient (Wildman–Crippen LogP) is 1.84. The second kappa shape index (κ2) is 7.74. The first-order chi connectivity index (χ1) is 11.1. The van der Waals surface area contributed by atoms with Gasteiger partial charge in [-0.15, -0.1) is 0 Å². The number of rotatable bonds is 7. The van der Waals surface area contributed by atoms with E-state index in [2.05, 4.69) is 15.6 Å². The molecule has 8 heteroatoms. The summed E-state index contributed by atoms with van der Waals surface area (Å²) in [5.41, 5.74) is 0.735. The lowest BCUT2D eigenvalue weighted by Crippen LogP contribution is -2.29. The van der Waals surface area contributed by atoms with Gasteiger partial charge in [-0.25, -0.2) is 4.98 Å². The van der Waals surface area contributed by atoms with Gasteiger partial charge in [-0.05, 0) is 18.2 Å². The lowest BCUT2D eigenvalue weighted by molar-refractivity contribution is -0.384. The second-order valence-corrected chi connectivity index (χ2v) is 4.52. The number of para-hydroxylation sites is 2. The third-order valence-electron chi connectivity index (χ3n) is 3.04. The Morgan fingerprint density at radius 2 is 2.04 bits per heavy atom. The Bertz CT molecular complexity index is 705. The largest absolute Gasteiger partial charge is 0.480 e. The lowest BCUT2D eigenvalue weighted by Gasteiger charge is -2.09. The normalized spacial score (nSPS) is 9.96. The van der Waals surface area contributed by atoms with Crippen LogP contribution in [0, 0.1) is 10.1 Å². The number of nitrogens with zero attached hydrogens (tertiary/aromatic N) is 2. The van der Waals surface area contributed by atoms with Crippen LogP contribution >= 0.6 is 0 Å². The smallest absolute Gasteiger partial charge is 0.292 e. The van der Waals surface area contributed by atoms with E-state index < -0.39 is 4.92 Å². The van der Waals surface area contributed by atoms with Crippen molar-refractivity contribution in [3.63, 3.8) is 0 Å². The Balaban J connectivity index is 1.88. The van der Waals surface area contributed by atoms with Crippen molar-refractivity contribution in [3.8, 4) is 5.88 Å². The highest BCUT2D eigenvalue weighted by Crippen LogP contribution is 2.22. The van der Waals surface area contributed by atoms with Crippen LogP contribution in [0.5, 0.6) is 5.88 Å². The van der Waals surface area contributed by atoms with Crippen molar-refractivity contribution in [1.29, 1.82) is 0 Å². The molecule has 1 heterocycles. The van der Waals surface area contributed by atoms with Crippen molar-refractivity contribution in [3.05, 3.63) is 58.3 Å². The van der Waals surface area contributed by atoms with E-state index in [1.54, 1.807) is 30.3 Å². The van der Waals surface area contributed by atoms with E-state index in [1.807, 2.05) is 0 Å². The number of ether oxygens (including phenoxy) is 1. The molecule has 0 atom stereocenters. The van der Waals surface area contributed by atoms with Gasteiger partial charge in [-0.2, -0.15) is 0 Å². The van der Waals surface area contributed by atoms with E-state index in [1.165, 1.54) is 19.4 Å². The zero-order valence-electron chi connectivity index (χ0n) is 12.5. The summed E-state index contributed by atoms with van der Waals surface area (Å²) in [6, 6.07) is 9.58. The van der Waals surface area contributed by atoms with Crippen molar-refractivity contribution in [2.75, 3.05) is 25.5 Å². The number of aromatic nitrogens is 1. The van der Waals surface area contributed by atoms with Crippen LogP contribution in [0.15, 0.2) is 42.6 Å². The summed E-state index contributed by atoms with van der Waals surface area (Å²) in [6.45, 7) is 0.641. The third-order valence-corrected chi connectivity index (χ3v) is 3.04. The van der Waals surface area contributed by atoms with Crippen LogP contribution in [0.1, 0.15) is 10.4 Å². The number of benzene rings is 1.